The van der Waals surface area contributed by atoms with Crippen molar-refractivity contribution in [2.75, 3.05) is 32.8 Å². The predicted octanol–water partition coefficient (Wildman–Crippen LogP) is 1.37. The van der Waals surface area contributed by atoms with Crippen molar-refractivity contribution < 1.29 is 9.53 Å². The monoisotopic (exact) mass is 311 g/mol. The highest BCUT2D eigenvalue weighted by molar-refractivity contribution is 5.88. The third kappa shape index (κ3) is 3.31. The Labute approximate surface area is 134 Å². The van der Waals surface area contributed by atoms with Crippen LogP contribution in [0.3, 0.4) is 0 Å². The largest absolute Gasteiger partial charge is 0.378 e. The van der Waals surface area contributed by atoms with Crippen LogP contribution in [0.2, 0.25) is 0 Å². The molecule has 1 amide bonds. The summed E-state index contributed by atoms with van der Waals surface area (Å²) in [5.41, 5.74) is 5.27. The van der Waals surface area contributed by atoms with Gasteiger partial charge in [0, 0.05) is 31.5 Å². The first-order chi connectivity index (χ1) is 10.3. The summed E-state index contributed by atoms with van der Waals surface area (Å²) < 4.78 is 5.69. The molecule has 1 saturated carbocycles. The maximum Gasteiger partial charge on any atom is 0.240 e. The molecular weight excluding hydrogens is 278 g/mol. The number of rotatable bonds is 7. The molecule has 0 spiro atoms. The van der Waals surface area contributed by atoms with E-state index in [2.05, 4.69) is 17.1 Å². The zero-order chi connectivity index (χ0) is 16.4. The number of likely N-dealkylation sites (tertiary alicyclic amines) is 1. The van der Waals surface area contributed by atoms with Crippen LogP contribution in [0.5, 0.6) is 0 Å². The molecule has 1 aliphatic heterocycles. The van der Waals surface area contributed by atoms with E-state index >= 15 is 0 Å². The molecular formula is C17H33N3O2. The van der Waals surface area contributed by atoms with Gasteiger partial charge >= 0.3 is 0 Å². The lowest BCUT2D eigenvalue weighted by Crippen LogP contribution is -2.75. The van der Waals surface area contributed by atoms with Crippen LogP contribution >= 0.6 is 0 Å². The molecule has 3 unspecified atom stereocenters. The Morgan fingerprint density at radius 3 is 2.59 bits per heavy atom. The fourth-order valence-electron chi connectivity index (χ4n) is 3.72. The summed E-state index contributed by atoms with van der Waals surface area (Å²) in [4.78, 5) is 15.0. The number of hydrogen-bond donors (Lipinski definition) is 2. The molecule has 0 aromatic carbocycles. The molecule has 128 valence electrons. The molecule has 2 rings (SSSR count). The second-order valence-electron chi connectivity index (χ2n) is 7.66. The summed E-state index contributed by atoms with van der Waals surface area (Å²) in [6.45, 7) is 13.0. The van der Waals surface area contributed by atoms with Crippen molar-refractivity contribution >= 4 is 5.91 Å². The van der Waals surface area contributed by atoms with E-state index in [0.717, 1.165) is 6.54 Å². The van der Waals surface area contributed by atoms with E-state index < -0.39 is 5.54 Å². The van der Waals surface area contributed by atoms with E-state index in [-0.39, 0.29) is 17.4 Å². The molecule has 5 heteroatoms. The molecule has 0 bridgehead atoms. The smallest absolute Gasteiger partial charge is 0.240 e. The third-order valence-corrected chi connectivity index (χ3v) is 5.61. The second kappa shape index (κ2) is 6.85. The number of hydrogen-bond acceptors (Lipinski definition) is 4. The molecule has 0 aromatic rings. The quantitative estimate of drug-likeness (QED) is 0.745. The normalized spacial score (nSPS) is 32.5. The van der Waals surface area contributed by atoms with Crippen LogP contribution < -0.4 is 11.1 Å². The molecule has 1 saturated heterocycles. The molecule has 3 N–H and O–H groups in total. The van der Waals surface area contributed by atoms with E-state index in [9.17, 15) is 4.79 Å². The Kier molecular flexibility index (Phi) is 5.51. The summed E-state index contributed by atoms with van der Waals surface area (Å²) in [5.74, 6) is 0.429. The van der Waals surface area contributed by atoms with Gasteiger partial charge in [0.25, 0.3) is 0 Å². The van der Waals surface area contributed by atoms with Gasteiger partial charge in [-0.1, -0.05) is 20.8 Å². The SMILES string of the molecule is CCOC1CC(N)(C(=O)NCC(C)CN2CCCC2)C1(C)C. The Balaban J connectivity index is 1.79. The number of nitrogens with one attached hydrogen (secondary N) is 1. The minimum atomic E-state index is -0.805. The van der Waals surface area contributed by atoms with Gasteiger partial charge in [-0.2, -0.15) is 0 Å². The van der Waals surface area contributed by atoms with E-state index in [1.807, 2.05) is 20.8 Å². The van der Waals surface area contributed by atoms with Crippen LogP contribution in [0.4, 0.5) is 0 Å². The first kappa shape index (κ1) is 17.7. The summed E-state index contributed by atoms with van der Waals surface area (Å²) >= 11 is 0. The maximum atomic E-state index is 12.5. The average Bonchev–Trinajstić information content (AvgIpc) is 2.97. The molecule has 1 aliphatic carbocycles. The maximum absolute atomic E-state index is 12.5. The number of carbonyl (C=O) groups is 1. The minimum absolute atomic E-state index is 0.0262. The lowest BCUT2D eigenvalue weighted by Gasteiger charge is -2.57. The van der Waals surface area contributed by atoms with Crippen molar-refractivity contribution in [3.8, 4) is 0 Å². The number of ether oxygens (including phenoxy) is 1. The topological polar surface area (TPSA) is 67.6 Å². The van der Waals surface area contributed by atoms with E-state index in [1.54, 1.807) is 0 Å². The summed E-state index contributed by atoms with van der Waals surface area (Å²) in [7, 11) is 0. The molecule has 5 nitrogen and oxygen atoms in total. The standard InChI is InChI=1S/C17H33N3O2/c1-5-22-14-10-17(18,16(14,3)4)15(21)19-11-13(2)12-20-8-6-7-9-20/h13-14H,5-12,18H2,1-4H3,(H,19,21). The fraction of sp³-hybridized carbons (Fsp3) is 0.941. The Morgan fingerprint density at radius 1 is 1.41 bits per heavy atom. The average molecular weight is 311 g/mol. The lowest BCUT2D eigenvalue weighted by atomic mass is 9.54. The number of nitrogens with zero attached hydrogens (tertiary/aromatic N) is 1. The van der Waals surface area contributed by atoms with Gasteiger partial charge in [-0.15, -0.1) is 0 Å². The van der Waals surface area contributed by atoms with Crippen LogP contribution in [-0.2, 0) is 9.53 Å². The first-order valence-corrected chi connectivity index (χ1v) is 8.72. The number of amides is 1. The van der Waals surface area contributed by atoms with Crippen LogP contribution in [0.15, 0.2) is 0 Å². The van der Waals surface area contributed by atoms with Crippen molar-refractivity contribution in [2.45, 2.75) is 58.6 Å². The van der Waals surface area contributed by atoms with Gasteiger partial charge in [0.05, 0.1) is 6.10 Å². The van der Waals surface area contributed by atoms with E-state index in [4.69, 9.17) is 10.5 Å². The van der Waals surface area contributed by atoms with E-state index in [0.29, 0.717) is 25.5 Å². The molecule has 0 radical (unpaired) electrons. The van der Waals surface area contributed by atoms with Crippen LogP contribution in [0.1, 0.15) is 47.0 Å². The van der Waals surface area contributed by atoms with Crippen molar-refractivity contribution in [3.05, 3.63) is 0 Å². The van der Waals surface area contributed by atoms with Gasteiger partial charge in [0.2, 0.25) is 5.91 Å². The summed E-state index contributed by atoms with van der Waals surface area (Å²) in [6, 6.07) is 0. The molecule has 3 atom stereocenters. The lowest BCUT2D eigenvalue weighted by molar-refractivity contribution is -0.170. The van der Waals surface area contributed by atoms with Crippen LogP contribution in [-0.4, -0.2) is 55.2 Å². The van der Waals surface area contributed by atoms with Crippen molar-refractivity contribution in [2.24, 2.45) is 17.1 Å². The van der Waals surface area contributed by atoms with Crippen LogP contribution in [0.25, 0.3) is 0 Å². The van der Waals surface area contributed by atoms with Crippen LogP contribution in [0, 0.1) is 11.3 Å². The predicted molar refractivity (Wildman–Crippen MR) is 88.6 cm³/mol. The number of nitrogens with two attached hydrogens (primary N) is 1. The van der Waals surface area contributed by atoms with Crippen molar-refractivity contribution in [1.29, 1.82) is 0 Å². The zero-order valence-corrected chi connectivity index (χ0v) is 14.7. The van der Waals surface area contributed by atoms with Gasteiger partial charge in [-0.25, -0.2) is 0 Å². The van der Waals surface area contributed by atoms with Gasteiger partial charge in [0.1, 0.15) is 5.54 Å². The highest BCUT2D eigenvalue weighted by Gasteiger charge is 2.62. The van der Waals surface area contributed by atoms with Gasteiger partial charge in [0.15, 0.2) is 0 Å². The highest BCUT2D eigenvalue weighted by atomic mass is 16.5. The van der Waals surface area contributed by atoms with E-state index in [1.165, 1.54) is 25.9 Å². The Hall–Kier alpha value is -0.650. The highest BCUT2D eigenvalue weighted by Crippen LogP contribution is 2.49. The van der Waals surface area contributed by atoms with Crippen molar-refractivity contribution in [3.63, 3.8) is 0 Å². The van der Waals surface area contributed by atoms with Crippen molar-refractivity contribution in [1.82, 2.24) is 10.2 Å². The molecule has 22 heavy (non-hydrogen) atoms. The molecule has 2 fully saturated rings. The minimum Gasteiger partial charge on any atom is -0.378 e. The van der Waals surface area contributed by atoms with Gasteiger partial charge in [-0.05, 0) is 38.8 Å². The number of carbonyl (C=O) groups excluding carboxylic acids is 1. The zero-order valence-electron chi connectivity index (χ0n) is 14.7. The second-order valence-corrected chi connectivity index (χ2v) is 7.66. The van der Waals surface area contributed by atoms with Gasteiger partial charge < -0.3 is 20.7 Å². The fourth-order valence-corrected chi connectivity index (χ4v) is 3.72. The first-order valence-electron chi connectivity index (χ1n) is 8.72. The third-order valence-electron chi connectivity index (χ3n) is 5.61. The van der Waals surface area contributed by atoms with Gasteiger partial charge in [-0.3, -0.25) is 4.79 Å². The molecule has 1 heterocycles. The summed E-state index contributed by atoms with van der Waals surface area (Å²) in [5, 5.41) is 3.07. The Morgan fingerprint density at radius 2 is 2.05 bits per heavy atom. The molecule has 0 aromatic heterocycles. The molecule has 2 aliphatic rings. The summed E-state index contributed by atoms with van der Waals surface area (Å²) in [6.07, 6.45) is 3.30. The Bertz CT molecular complexity index is 393.